The summed E-state index contributed by atoms with van der Waals surface area (Å²) in [6.45, 7) is 4.25. The topological polar surface area (TPSA) is 58.6 Å². The van der Waals surface area contributed by atoms with Crippen LogP contribution in [0.4, 0.5) is 0 Å². The minimum absolute atomic E-state index is 0.00524. The van der Waals surface area contributed by atoms with Crippen LogP contribution in [0, 0.1) is 0 Å². The molecule has 4 nitrogen and oxygen atoms in total. The lowest BCUT2D eigenvalue weighted by Gasteiger charge is -2.08. The number of rotatable bonds is 7. The van der Waals surface area contributed by atoms with E-state index in [0.717, 1.165) is 6.42 Å². The first kappa shape index (κ1) is 14.5. The van der Waals surface area contributed by atoms with E-state index in [0.29, 0.717) is 18.7 Å². The molecule has 1 atom stereocenters. The first-order valence-corrected chi connectivity index (χ1v) is 6.28. The molecular formula is C14H21NO3. The summed E-state index contributed by atoms with van der Waals surface area (Å²) >= 11 is 0. The van der Waals surface area contributed by atoms with Crippen molar-refractivity contribution in [3.8, 4) is 5.75 Å². The molecule has 0 fully saturated rings. The van der Waals surface area contributed by atoms with Gasteiger partial charge in [0.15, 0.2) is 6.61 Å². The highest BCUT2D eigenvalue weighted by Crippen LogP contribution is 2.12. The van der Waals surface area contributed by atoms with Crippen molar-refractivity contribution in [2.24, 2.45) is 0 Å². The molecule has 1 unspecified atom stereocenters. The number of amides is 1. The second-order valence-electron chi connectivity index (χ2n) is 4.27. The van der Waals surface area contributed by atoms with Gasteiger partial charge in [-0.2, -0.15) is 0 Å². The third-order valence-electron chi connectivity index (χ3n) is 2.59. The molecule has 0 aromatic heterocycles. The molecule has 0 radical (unpaired) electrons. The first-order chi connectivity index (χ1) is 8.61. The molecule has 0 aliphatic rings. The Morgan fingerprint density at radius 2 is 2.06 bits per heavy atom. The number of carbonyl (C=O) groups is 1. The van der Waals surface area contributed by atoms with Crippen LogP contribution in [0.5, 0.6) is 5.75 Å². The highest BCUT2D eigenvalue weighted by atomic mass is 16.5. The normalized spacial score (nSPS) is 11.9. The van der Waals surface area contributed by atoms with Crippen LogP contribution in [-0.4, -0.2) is 30.3 Å². The van der Waals surface area contributed by atoms with Gasteiger partial charge < -0.3 is 15.2 Å². The number of benzene rings is 1. The van der Waals surface area contributed by atoms with E-state index in [9.17, 15) is 4.79 Å². The molecule has 0 heterocycles. The number of hydrogen-bond donors (Lipinski definition) is 2. The van der Waals surface area contributed by atoms with Crippen molar-refractivity contribution in [2.45, 2.75) is 32.8 Å². The summed E-state index contributed by atoms with van der Waals surface area (Å²) in [5.74, 6) is 0.521. The predicted molar refractivity (Wildman–Crippen MR) is 70.6 cm³/mol. The molecule has 18 heavy (non-hydrogen) atoms. The lowest BCUT2D eigenvalue weighted by molar-refractivity contribution is -0.123. The van der Waals surface area contributed by atoms with Gasteiger partial charge in [-0.3, -0.25) is 4.79 Å². The van der Waals surface area contributed by atoms with Crippen molar-refractivity contribution in [1.29, 1.82) is 0 Å². The van der Waals surface area contributed by atoms with Gasteiger partial charge in [-0.1, -0.05) is 19.1 Å². The molecule has 0 bridgehead atoms. The minimum Gasteiger partial charge on any atom is -0.484 e. The Morgan fingerprint density at radius 3 is 2.61 bits per heavy atom. The summed E-state index contributed by atoms with van der Waals surface area (Å²) in [6, 6.07) is 7.70. The van der Waals surface area contributed by atoms with E-state index in [1.165, 1.54) is 5.56 Å². The van der Waals surface area contributed by atoms with Gasteiger partial charge in [-0.25, -0.2) is 0 Å². The zero-order valence-corrected chi connectivity index (χ0v) is 11.0. The quantitative estimate of drug-likeness (QED) is 0.772. The number of carbonyl (C=O) groups excluding carboxylic acids is 1. The van der Waals surface area contributed by atoms with Crippen LogP contribution >= 0.6 is 0 Å². The molecule has 1 amide bonds. The van der Waals surface area contributed by atoms with Gasteiger partial charge in [-0.15, -0.1) is 0 Å². The van der Waals surface area contributed by atoms with Crippen LogP contribution in [0.2, 0.25) is 0 Å². The molecule has 0 saturated carbocycles. The van der Waals surface area contributed by atoms with Crippen LogP contribution in [0.25, 0.3) is 0 Å². The Balaban J connectivity index is 2.24. The predicted octanol–water partition coefficient (Wildman–Crippen LogP) is 1.51. The maximum absolute atomic E-state index is 11.4. The highest BCUT2D eigenvalue weighted by Gasteiger charge is 2.03. The maximum atomic E-state index is 11.4. The average Bonchev–Trinajstić information content (AvgIpc) is 2.36. The number of hydrogen-bond acceptors (Lipinski definition) is 3. The van der Waals surface area contributed by atoms with Crippen LogP contribution in [0.15, 0.2) is 24.3 Å². The van der Waals surface area contributed by atoms with Gasteiger partial charge in [0.05, 0.1) is 6.10 Å². The standard InChI is InChI=1S/C14H21NO3/c1-3-12-4-6-13(7-5-12)18-10-14(17)15-9-8-11(2)16/h4-7,11,16H,3,8-10H2,1-2H3,(H,15,17). The fourth-order valence-corrected chi connectivity index (χ4v) is 1.44. The largest absolute Gasteiger partial charge is 0.484 e. The monoisotopic (exact) mass is 251 g/mol. The highest BCUT2D eigenvalue weighted by molar-refractivity contribution is 5.77. The number of aliphatic hydroxyl groups is 1. The van der Waals surface area contributed by atoms with Crippen LogP contribution < -0.4 is 10.1 Å². The first-order valence-electron chi connectivity index (χ1n) is 6.28. The summed E-state index contributed by atoms with van der Waals surface area (Å²) < 4.78 is 5.35. The van der Waals surface area contributed by atoms with E-state index < -0.39 is 6.10 Å². The summed E-state index contributed by atoms with van der Waals surface area (Å²) in [6.07, 6.45) is 1.14. The third kappa shape index (κ3) is 5.68. The number of aliphatic hydroxyl groups excluding tert-OH is 1. The van der Waals surface area contributed by atoms with E-state index >= 15 is 0 Å². The summed E-state index contributed by atoms with van der Waals surface area (Å²) in [5, 5.41) is 11.7. The molecule has 100 valence electrons. The van der Waals surface area contributed by atoms with Gasteiger partial charge >= 0.3 is 0 Å². The van der Waals surface area contributed by atoms with Crippen molar-refractivity contribution in [3.05, 3.63) is 29.8 Å². The molecule has 0 aliphatic carbocycles. The molecule has 1 rings (SSSR count). The number of aryl methyl sites for hydroxylation is 1. The average molecular weight is 251 g/mol. The SMILES string of the molecule is CCc1ccc(OCC(=O)NCCC(C)O)cc1. The van der Waals surface area contributed by atoms with E-state index in [4.69, 9.17) is 9.84 Å². The molecule has 4 heteroatoms. The second-order valence-corrected chi connectivity index (χ2v) is 4.27. The van der Waals surface area contributed by atoms with E-state index in [1.807, 2.05) is 24.3 Å². The Labute approximate surface area is 108 Å². The van der Waals surface area contributed by atoms with Gasteiger partial charge in [0.2, 0.25) is 0 Å². The summed E-state index contributed by atoms with van der Waals surface area (Å²) in [7, 11) is 0. The Hall–Kier alpha value is -1.55. The van der Waals surface area contributed by atoms with Crippen molar-refractivity contribution in [2.75, 3.05) is 13.2 Å². The molecule has 0 aliphatic heterocycles. The smallest absolute Gasteiger partial charge is 0.257 e. The maximum Gasteiger partial charge on any atom is 0.257 e. The zero-order chi connectivity index (χ0) is 13.4. The van der Waals surface area contributed by atoms with Gasteiger partial charge in [-0.05, 0) is 37.5 Å². The summed E-state index contributed by atoms with van der Waals surface area (Å²) in [4.78, 5) is 11.4. The molecule has 0 saturated heterocycles. The van der Waals surface area contributed by atoms with Gasteiger partial charge in [0.25, 0.3) is 5.91 Å². The zero-order valence-electron chi connectivity index (χ0n) is 11.0. The second kappa shape index (κ2) is 7.71. The van der Waals surface area contributed by atoms with Crippen molar-refractivity contribution < 1.29 is 14.6 Å². The molecule has 1 aromatic carbocycles. The third-order valence-corrected chi connectivity index (χ3v) is 2.59. The Morgan fingerprint density at radius 1 is 1.39 bits per heavy atom. The van der Waals surface area contributed by atoms with Crippen LogP contribution in [0.3, 0.4) is 0 Å². The lowest BCUT2D eigenvalue weighted by atomic mass is 10.2. The van der Waals surface area contributed by atoms with Crippen LogP contribution in [0.1, 0.15) is 25.8 Å². The molecular weight excluding hydrogens is 230 g/mol. The van der Waals surface area contributed by atoms with Gasteiger partial charge in [0, 0.05) is 6.54 Å². The Kier molecular flexibility index (Phi) is 6.22. The minimum atomic E-state index is -0.396. The van der Waals surface area contributed by atoms with Crippen molar-refractivity contribution >= 4 is 5.91 Å². The van der Waals surface area contributed by atoms with E-state index in [-0.39, 0.29) is 12.5 Å². The number of ether oxygens (including phenoxy) is 1. The lowest BCUT2D eigenvalue weighted by Crippen LogP contribution is -2.31. The number of nitrogens with one attached hydrogen (secondary N) is 1. The van der Waals surface area contributed by atoms with Gasteiger partial charge in [0.1, 0.15) is 5.75 Å². The van der Waals surface area contributed by atoms with Crippen LogP contribution in [-0.2, 0) is 11.2 Å². The fourth-order valence-electron chi connectivity index (χ4n) is 1.44. The molecule has 2 N–H and O–H groups in total. The summed E-state index contributed by atoms with van der Waals surface area (Å²) in [5.41, 5.74) is 1.24. The fraction of sp³-hybridized carbons (Fsp3) is 0.500. The molecule has 1 aromatic rings. The molecule has 0 spiro atoms. The van der Waals surface area contributed by atoms with Crippen molar-refractivity contribution in [1.82, 2.24) is 5.32 Å². The van der Waals surface area contributed by atoms with E-state index in [1.54, 1.807) is 6.92 Å². The Bertz CT molecular complexity index is 360. The van der Waals surface area contributed by atoms with Crippen molar-refractivity contribution in [3.63, 3.8) is 0 Å². The van der Waals surface area contributed by atoms with E-state index in [2.05, 4.69) is 12.2 Å².